The number of ether oxygens (including phenoxy) is 2. The van der Waals surface area contributed by atoms with Gasteiger partial charge in [0.15, 0.2) is 0 Å². The van der Waals surface area contributed by atoms with Gasteiger partial charge in [-0.1, -0.05) is 29.8 Å². The average molecular weight is 573 g/mol. The van der Waals surface area contributed by atoms with Gasteiger partial charge in [0, 0.05) is 18.7 Å². The number of carbonyl (C=O) groups is 3. The number of nitrogens with zero attached hydrogens (tertiary/aromatic N) is 2. The number of fused-ring (bicyclic) bond motifs is 1. The maximum Gasteiger partial charge on any atom is 0.407 e. The predicted octanol–water partition coefficient (Wildman–Crippen LogP) is 4.06. The number of nitrogens with two attached hydrogens (primary N) is 2. The number of alkyl carbamates (subject to hydrolysis) is 1. The van der Waals surface area contributed by atoms with Crippen LogP contribution in [0.5, 0.6) is 0 Å². The number of amides is 2. The molecule has 1 heterocycles. The van der Waals surface area contributed by atoms with Crippen molar-refractivity contribution in [2.45, 2.75) is 52.1 Å². The zero-order valence-electron chi connectivity index (χ0n) is 23.3. The van der Waals surface area contributed by atoms with Gasteiger partial charge in [-0.3, -0.25) is 9.59 Å². The van der Waals surface area contributed by atoms with E-state index in [2.05, 4.69) is 25.3 Å². The maximum atomic E-state index is 12.4. The number of unbranched alkanes of at least 4 members (excludes halogenated alkanes) is 1. The molecule has 0 aliphatic carbocycles. The molecule has 2 aromatic carbocycles. The lowest BCUT2D eigenvalue weighted by Crippen LogP contribution is -2.33. The van der Waals surface area contributed by atoms with Crippen molar-refractivity contribution in [3.05, 3.63) is 58.1 Å². The summed E-state index contributed by atoms with van der Waals surface area (Å²) >= 11 is 6.57. The molecule has 0 aliphatic heterocycles. The minimum Gasteiger partial charge on any atom is -0.471 e. The number of aryl methyl sites for hydroxylation is 2. The van der Waals surface area contributed by atoms with Crippen molar-refractivity contribution in [1.29, 1.82) is 0 Å². The Morgan fingerprint density at radius 1 is 0.975 bits per heavy atom. The van der Waals surface area contributed by atoms with Crippen molar-refractivity contribution in [2.24, 2.45) is 0 Å². The Morgan fingerprint density at radius 2 is 1.60 bits per heavy atom. The number of nitrogen functional groups attached to an aromatic ring is 2. The first-order chi connectivity index (χ1) is 18.9. The topological polar surface area (TPSA) is 172 Å². The zero-order chi connectivity index (χ0) is 29.7. The zero-order valence-corrected chi connectivity index (χ0v) is 24.0. The van der Waals surface area contributed by atoms with Crippen molar-refractivity contribution < 1.29 is 23.9 Å². The summed E-state index contributed by atoms with van der Waals surface area (Å²) < 4.78 is 9.04. The molecule has 0 bridgehead atoms. The molecule has 12 heteroatoms. The highest BCUT2D eigenvalue weighted by Gasteiger charge is 2.15. The second-order valence-corrected chi connectivity index (χ2v) is 10.2. The molecule has 216 valence electrons. The third-order valence-electron chi connectivity index (χ3n) is 5.48. The summed E-state index contributed by atoms with van der Waals surface area (Å²) in [5, 5.41) is 6.75. The molecule has 0 aliphatic rings. The quantitative estimate of drug-likeness (QED) is 0.206. The lowest BCUT2D eigenvalue weighted by molar-refractivity contribution is -0.126. The van der Waals surface area contributed by atoms with Gasteiger partial charge in [0.25, 0.3) is 12.4 Å². The standard InChI is InChI=1S/C26H33ClN6O3.C2H4O2/c1-26(2,3)36-25(35)31-15-5-4-14-30-23(34)18-10-7-16(8-11-18)6-9-17-12-13-19-20(21(17)27)22(28)33-24(29)32-19;1-4-2-3/h7-8,10-13H,4-6,9,14-15H2,1-3H3,(H,30,34)(H,31,35)(H4,28,29,32,33);2H,1H3. The lowest BCUT2D eigenvalue weighted by Gasteiger charge is -2.19. The van der Waals surface area contributed by atoms with Gasteiger partial charge in [-0.2, -0.15) is 4.98 Å². The van der Waals surface area contributed by atoms with E-state index in [1.165, 1.54) is 7.11 Å². The summed E-state index contributed by atoms with van der Waals surface area (Å²) in [6.45, 7) is 6.85. The number of methoxy groups -OCH3 is 1. The van der Waals surface area contributed by atoms with Crippen molar-refractivity contribution in [2.75, 3.05) is 31.7 Å². The van der Waals surface area contributed by atoms with Crippen LogP contribution in [0.25, 0.3) is 10.9 Å². The van der Waals surface area contributed by atoms with Crippen LogP contribution in [-0.2, 0) is 27.1 Å². The number of hydrogen-bond donors (Lipinski definition) is 4. The van der Waals surface area contributed by atoms with E-state index < -0.39 is 11.7 Å². The lowest BCUT2D eigenvalue weighted by atomic mass is 10.0. The molecule has 0 saturated heterocycles. The second-order valence-electron chi connectivity index (χ2n) is 9.82. The van der Waals surface area contributed by atoms with Gasteiger partial charge in [0.05, 0.1) is 23.0 Å². The first kappa shape index (κ1) is 32.1. The molecule has 40 heavy (non-hydrogen) atoms. The van der Waals surface area contributed by atoms with Crippen LogP contribution in [0.3, 0.4) is 0 Å². The minimum atomic E-state index is -0.517. The second kappa shape index (κ2) is 15.5. The van der Waals surface area contributed by atoms with Gasteiger partial charge in [-0.15, -0.1) is 0 Å². The van der Waals surface area contributed by atoms with Crippen molar-refractivity contribution in [3.8, 4) is 0 Å². The molecule has 2 amide bonds. The largest absolute Gasteiger partial charge is 0.471 e. The van der Waals surface area contributed by atoms with E-state index in [-0.39, 0.29) is 17.7 Å². The fraction of sp³-hybridized carbons (Fsp3) is 0.393. The van der Waals surface area contributed by atoms with Crippen molar-refractivity contribution in [3.63, 3.8) is 0 Å². The molecule has 0 spiro atoms. The minimum absolute atomic E-state index is 0.114. The molecule has 0 fully saturated rings. The molecule has 0 saturated carbocycles. The number of rotatable bonds is 10. The summed E-state index contributed by atoms with van der Waals surface area (Å²) in [5.41, 5.74) is 14.4. The average Bonchev–Trinajstić information content (AvgIpc) is 2.89. The van der Waals surface area contributed by atoms with Gasteiger partial charge in [-0.05, 0) is 75.8 Å². The number of halogens is 1. The Bertz CT molecular complexity index is 1300. The Kier molecular flexibility index (Phi) is 12.4. The van der Waals surface area contributed by atoms with E-state index in [0.29, 0.717) is 47.5 Å². The molecular formula is C28H37ClN6O5. The number of carbonyl (C=O) groups excluding carboxylic acids is 3. The summed E-state index contributed by atoms with van der Waals surface area (Å²) in [6.07, 6.45) is 2.49. The predicted molar refractivity (Wildman–Crippen MR) is 156 cm³/mol. The van der Waals surface area contributed by atoms with E-state index in [1.807, 2.05) is 57.2 Å². The number of hydrogen-bond acceptors (Lipinski definition) is 9. The summed E-state index contributed by atoms with van der Waals surface area (Å²) in [4.78, 5) is 41.1. The normalized spacial score (nSPS) is 10.7. The molecule has 0 unspecified atom stereocenters. The smallest absolute Gasteiger partial charge is 0.407 e. The first-order valence-corrected chi connectivity index (χ1v) is 13.1. The monoisotopic (exact) mass is 572 g/mol. The highest BCUT2D eigenvalue weighted by Crippen LogP contribution is 2.31. The Morgan fingerprint density at radius 3 is 2.20 bits per heavy atom. The number of benzene rings is 2. The summed E-state index contributed by atoms with van der Waals surface area (Å²) in [6, 6.07) is 11.3. The summed E-state index contributed by atoms with van der Waals surface area (Å²) in [7, 11) is 1.31. The first-order valence-electron chi connectivity index (χ1n) is 12.8. The number of nitrogens with one attached hydrogen (secondary N) is 2. The Hall–Kier alpha value is -4.12. The van der Waals surface area contributed by atoms with Crippen molar-refractivity contribution >= 4 is 52.7 Å². The molecule has 0 atom stereocenters. The third kappa shape index (κ3) is 10.6. The van der Waals surface area contributed by atoms with Crippen LogP contribution < -0.4 is 22.1 Å². The van der Waals surface area contributed by atoms with Crippen LogP contribution in [-0.4, -0.2) is 54.2 Å². The number of anilines is 2. The van der Waals surface area contributed by atoms with E-state index >= 15 is 0 Å². The van der Waals surface area contributed by atoms with Crippen LogP contribution in [0.4, 0.5) is 16.6 Å². The van der Waals surface area contributed by atoms with Crippen LogP contribution in [0, 0.1) is 0 Å². The fourth-order valence-corrected chi connectivity index (χ4v) is 3.98. The van der Waals surface area contributed by atoms with Crippen LogP contribution in [0.2, 0.25) is 5.02 Å². The van der Waals surface area contributed by atoms with Gasteiger partial charge < -0.3 is 31.6 Å². The maximum absolute atomic E-state index is 12.4. The Balaban J connectivity index is 0.00000131. The van der Waals surface area contributed by atoms with Gasteiger partial charge >= 0.3 is 6.09 Å². The van der Waals surface area contributed by atoms with Gasteiger partial charge in [0.1, 0.15) is 11.4 Å². The number of aromatic nitrogens is 2. The van der Waals surface area contributed by atoms with Gasteiger partial charge in [-0.25, -0.2) is 9.78 Å². The molecule has 3 rings (SSSR count). The highest BCUT2D eigenvalue weighted by atomic mass is 35.5. The highest BCUT2D eigenvalue weighted by molar-refractivity contribution is 6.37. The van der Waals surface area contributed by atoms with E-state index in [0.717, 1.165) is 30.4 Å². The SMILES string of the molecule is CC(C)(C)OC(=O)NCCCCNC(=O)c1ccc(CCc2ccc3nc(N)nc(N)c3c2Cl)cc1.COC=O. The molecule has 11 nitrogen and oxygen atoms in total. The van der Waals surface area contributed by atoms with E-state index in [1.54, 1.807) is 0 Å². The molecular weight excluding hydrogens is 536 g/mol. The van der Waals surface area contributed by atoms with E-state index in [9.17, 15) is 9.59 Å². The van der Waals surface area contributed by atoms with Crippen LogP contribution in [0.15, 0.2) is 36.4 Å². The molecule has 0 radical (unpaired) electrons. The summed E-state index contributed by atoms with van der Waals surface area (Å²) in [5.74, 6) is 0.246. The molecule has 3 aromatic rings. The Labute approximate surface area is 239 Å². The third-order valence-corrected chi connectivity index (χ3v) is 5.91. The molecule has 6 N–H and O–H groups in total. The van der Waals surface area contributed by atoms with Gasteiger partial charge in [0.2, 0.25) is 5.95 Å². The fourth-order valence-electron chi connectivity index (χ4n) is 3.63. The van der Waals surface area contributed by atoms with Crippen LogP contribution >= 0.6 is 11.6 Å². The van der Waals surface area contributed by atoms with Crippen LogP contribution in [0.1, 0.15) is 55.1 Å². The molecule has 1 aromatic heterocycles. The van der Waals surface area contributed by atoms with Crippen molar-refractivity contribution in [1.82, 2.24) is 20.6 Å². The van der Waals surface area contributed by atoms with E-state index in [4.69, 9.17) is 32.6 Å².